The van der Waals surface area contributed by atoms with Crippen LogP contribution in [0.15, 0.2) is 41.4 Å². The minimum Gasteiger partial charge on any atom is -0.292 e. The number of aryl methyl sites for hydroxylation is 2. The Hall–Kier alpha value is -1.60. The van der Waals surface area contributed by atoms with E-state index in [1.807, 2.05) is 12.3 Å². The molecule has 1 aliphatic carbocycles. The van der Waals surface area contributed by atoms with E-state index >= 15 is 0 Å². The lowest BCUT2D eigenvalue weighted by atomic mass is 9.84. The largest absolute Gasteiger partial charge is 0.292 e. The first kappa shape index (κ1) is 11.2. The summed E-state index contributed by atoms with van der Waals surface area (Å²) in [5.74, 6) is 0.408. The van der Waals surface area contributed by atoms with E-state index in [2.05, 4.69) is 35.3 Å². The molecule has 4 rings (SSSR count). The second-order valence-corrected chi connectivity index (χ2v) is 5.75. The first-order chi connectivity index (χ1) is 9.33. The van der Waals surface area contributed by atoms with Gasteiger partial charge in [0.2, 0.25) is 0 Å². The Balaban J connectivity index is 1.98. The molecule has 1 heterocycles. The zero-order valence-electron chi connectivity index (χ0n) is 10.6. The van der Waals surface area contributed by atoms with Crippen LogP contribution in [0.1, 0.15) is 33.7 Å². The van der Waals surface area contributed by atoms with Crippen LogP contribution < -0.4 is 0 Å². The molecule has 0 spiro atoms. The molecule has 0 saturated heterocycles. The van der Waals surface area contributed by atoms with Crippen molar-refractivity contribution in [2.75, 3.05) is 6.54 Å². The third-order valence-electron chi connectivity index (χ3n) is 4.24. The van der Waals surface area contributed by atoms with Crippen molar-refractivity contribution in [1.82, 2.24) is 0 Å². The van der Waals surface area contributed by atoms with Gasteiger partial charge in [-0.15, -0.1) is 0 Å². The zero-order chi connectivity index (χ0) is 12.8. The quantitative estimate of drug-likeness (QED) is 0.684. The third-order valence-corrected chi connectivity index (χ3v) is 4.48. The Morgan fingerprint density at radius 3 is 2.89 bits per heavy atom. The lowest BCUT2D eigenvalue weighted by Gasteiger charge is -2.23. The average molecular weight is 268 g/mol. The average Bonchev–Trinajstić information content (AvgIpc) is 2.59. The van der Waals surface area contributed by atoms with Gasteiger partial charge in [-0.2, -0.15) is 0 Å². The summed E-state index contributed by atoms with van der Waals surface area (Å²) in [6.07, 6.45) is 4.19. The number of nitrogens with zero attached hydrogens (tertiary/aromatic N) is 1. The summed E-state index contributed by atoms with van der Waals surface area (Å²) >= 11 is 6.15. The number of aliphatic imine (C=N–C) groups is 1. The predicted octanol–water partition coefficient (Wildman–Crippen LogP) is 4.00. The number of rotatable bonds is 0. The summed E-state index contributed by atoms with van der Waals surface area (Å²) in [6, 6.07) is 12.9. The van der Waals surface area contributed by atoms with Gasteiger partial charge in [-0.25, -0.2) is 0 Å². The predicted molar refractivity (Wildman–Crippen MR) is 79.6 cm³/mol. The van der Waals surface area contributed by atoms with Crippen LogP contribution in [0.2, 0.25) is 5.02 Å². The van der Waals surface area contributed by atoms with Crippen LogP contribution >= 0.6 is 11.6 Å². The molecule has 0 bridgehead atoms. The second-order valence-electron chi connectivity index (χ2n) is 5.31. The first-order valence-corrected chi connectivity index (χ1v) is 7.10. The maximum atomic E-state index is 6.15. The van der Waals surface area contributed by atoms with Crippen molar-refractivity contribution in [3.8, 4) is 0 Å². The second kappa shape index (κ2) is 4.21. The lowest BCUT2D eigenvalue weighted by Crippen LogP contribution is -2.14. The molecule has 0 saturated carbocycles. The summed E-state index contributed by atoms with van der Waals surface area (Å²) in [5.41, 5.74) is 7.04. The molecule has 2 heteroatoms. The molecule has 1 atom stereocenters. The van der Waals surface area contributed by atoms with Crippen LogP contribution in [-0.2, 0) is 12.8 Å². The fourth-order valence-electron chi connectivity index (χ4n) is 3.39. The van der Waals surface area contributed by atoms with Crippen molar-refractivity contribution in [3.63, 3.8) is 0 Å². The molecule has 1 unspecified atom stereocenters. The molecule has 0 N–H and O–H groups in total. The monoisotopic (exact) mass is 267 g/mol. The van der Waals surface area contributed by atoms with E-state index in [1.54, 1.807) is 0 Å². The van der Waals surface area contributed by atoms with E-state index in [0.717, 1.165) is 24.4 Å². The SMILES string of the molecule is Clc1ccc2c(c1)CCc1cccc3c1C2CN=C3. The molecular weight excluding hydrogens is 254 g/mol. The Kier molecular flexibility index (Phi) is 2.49. The summed E-state index contributed by atoms with van der Waals surface area (Å²) in [6.45, 7) is 0.860. The van der Waals surface area contributed by atoms with Gasteiger partial charge in [0.25, 0.3) is 0 Å². The Bertz CT molecular complexity index is 688. The summed E-state index contributed by atoms with van der Waals surface area (Å²) < 4.78 is 0. The summed E-state index contributed by atoms with van der Waals surface area (Å²) in [5, 5.41) is 0.837. The highest BCUT2D eigenvalue weighted by atomic mass is 35.5. The van der Waals surface area contributed by atoms with Crippen LogP contribution in [0.3, 0.4) is 0 Å². The zero-order valence-corrected chi connectivity index (χ0v) is 11.3. The van der Waals surface area contributed by atoms with Crippen LogP contribution in [0, 0.1) is 0 Å². The van der Waals surface area contributed by atoms with E-state index in [4.69, 9.17) is 11.6 Å². The number of halogens is 1. The number of hydrogen-bond acceptors (Lipinski definition) is 1. The van der Waals surface area contributed by atoms with Gasteiger partial charge >= 0.3 is 0 Å². The summed E-state index contributed by atoms with van der Waals surface area (Å²) in [4.78, 5) is 4.55. The molecule has 2 aromatic rings. The molecule has 0 fully saturated rings. The van der Waals surface area contributed by atoms with Crippen molar-refractivity contribution in [2.24, 2.45) is 4.99 Å². The number of fused-ring (bicyclic) bond motifs is 2. The molecule has 0 amide bonds. The highest BCUT2D eigenvalue weighted by Crippen LogP contribution is 2.38. The molecule has 2 aromatic carbocycles. The number of benzene rings is 2. The molecular formula is C17H14ClN. The van der Waals surface area contributed by atoms with Crippen molar-refractivity contribution in [2.45, 2.75) is 18.8 Å². The van der Waals surface area contributed by atoms with Crippen molar-refractivity contribution >= 4 is 17.8 Å². The number of hydrogen-bond donors (Lipinski definition) is 0. The van der Waals surface area contributed by atoms with Gasteiger partial charge < -0.3 is 0 Å². The van der Waals surface area contributed by atoms with E-state index in [-0.39, 0.29) is 0 Å². The maximum absolute atomic E-state index is 6.15. The van der Waals surface area contributed by atoms with Crippen LogP contribution in [0.5, 0.6) is 0 Å². The minimum absolute atomic E-state index is 0.408. The lowest BCUT2D eigenvalue weighted by molar-refractivity contribution is 0.803. The topological polar surface area (TPSA) is 12.4 Å². The van der Waals surface area contributed by atoms with Gasteiger partial charge in [0, 0.05) is 23.7 Å². The van der Waals surface area contributed by atoms with E-state index in [0.29, 0.717) is 5.92 Å². The molecule has 0 aromatic heterocycles. The third kappa shape index (κ3) is 1.73. The van der Waals surface area contributed by atoms with Gasteiger partial charge in [-0.05, 0) is 52.8 Å². The van der Waals surface area contributed by atoms with E-state index < -0.39 is 0 Å². The van der Waals surface area contributed by atoms with Gasteiger partial charge in [0.1, 0.15) is 0 Å². The van der Waals surface area contributed by atoms with Gasteiger partial charge in [0.05, 0.1) is 0 Å². The summed E-state index contributed by atoms with van der Waals surface area (Å²) in [7, 11) is 0. The maximum Gasteiger partial charge on any atom is 0.0499 e. The van der Waals surface area contributed by atoms with Gasteiger partial charge in [-0.1, -0.05) is 35.9 Å². The van der Waals surface area contributed by atoms with Gasteiger partial charge in [-0.3, -0.25) is 4.99 Å². The Labute approximate surface area is 118 Å². The van der Waals surface area contributed by atoms with Crippen molar-refractivity contribution < 1.29 is 0 Å². The molecule has 94 valence electrons. The van der Waals surface area contributed by atoms with E-state index in [1.165, 1.54) is 27.8 Å². The highest BCUT2D eigenvalue weighted by Gasteiger charge is 2.27. The molecule has 1 aliphatic heterocycles. The van der Waals surface area contributed by atoms with Gasteiger partial charge in [0.15, 0.2) is 0 Å². The molecule has 0 radical (unpaired) electrons. The van der Waals surface area contributed by atoms with Crippen molar-refractivity contribution in [3.05, 3.63) is 69.2 Å². The normalized spacial score (nSPS) is 19.5. The highest BCUT2D eigenvalue weighted by molar-refractivity contribution is 6.30. The van der Waals surface area contributed by atoms with Crippen molar-refractivity contribution in [1.29, 1.82) is 0 Å². The fourth-order valence-corrected chi connectivity index (χ4v) is 3.58. The molecule has 2 aliphatic rings. The Morgan fingerprint density at radius 1 is 1.05 bits per heavy atom. The fraction of sp³-hybridized carbons (Fsp3) is 0.235. The smallest absolute Gasteiger partial charge is 0.0499 e. The van der Waals surface area contributed by atoms with Crippen LogP contribution in [0.4, 0.5) is 0 Å². The molecule has 1 nitrogen and oxygen atoms in total. The first-order valence-electron chi connectivity index (χ1n) is 6.73. The van der Waals surface area contributed by atoms with Crippen LogP contribution in [0.25, 0.3) is 0 Å². The Morgan fingerprint density at radius 2 is 1.95 bits per heavy atom. The minimum atomic E-state index is 0.408. The molecule has 19 heavy (non-hydrogen) atoms. The van der Waals surface area contributed by atoms with Crippen LogP contribution in [-0.4, -0.2) is 12.8 Å². The standard InChI is InChI=1S/C17H14ClN/c18-14-6-7-15-12(8-14)5-4-11-2-1-3-13-9-19-10-16(15)17(11)13/h1-3,6-9,16H,4-5,10H2. The van der Waals surface area contributed by atoms with E-state index in [9.17, 15) is 0 Å².